The minimum Gasteiger partial charge on any atom is -0.508 e. The number of thiol groups is 1. The largest absolute Gasteiger partial charge is 0.508 e. The lowest BCUT2D eigenvalue weighted by atomic mass is 10.0. The Hall–Kier alpha value is -3.22. The average Bonchev–Trinajstić information content (AvgIpc) is 2.90. The zero-order valence-corrected chi connectivity index (χ0v) is 22.7. The van der Waals surface area contributed by atoms with Gasteiger partial charge in [0, 0.05) is 12.2 Å². The quantitative estimate of drug-likeness (QED) is 0.156. The van der Waals surface area contributed by atoms with Gasteiger partial charge in [-0.25, -0.2) is 4.79 Å². The fraction of sp³-hybridized carbons (Fsp3) is 0.385. The third kappa shape index (κ3) is 10.3. The Labute approximate surface area is 231 Å². The van der Waals surface area contributed by atoms with Crippen LogP contribution in [0, 0.1) is 0 Å². The standard InChI is InChI=1S/C26H34N4O6S2/c1-38-12-11-20(24(33)30-22(15-37)26(35)36)28-25(34)21(14-17-7-9-18(31)10-8-17)29-23(32)19(27)13-16-5-3-2-4-6-16/h2-10,19-22,31,37H,11-15,27H2,1H3,(H,28,34)(H,29,32)(H,30,33)(H,35,36). The Bertz CT molecular complexity index is 1070. The van der Waals surface area contributed by atoms with E-state index in [1.165, 1.54) is 23.9 Å². The second kappa shape index (κ2) is 15.9. The van der Waals surface area contributed by atoms with Crippen molar-refractivity contribution in [3.05, 3.63) is 65.7 Å². The van der Waals surface area contributed by atoms with Crippen LogP contribution in [0.25, 0.3) is 0 Å². The number of nitrogens with one attached hydrogen (secondary N) is 3. The number of carbonyl (C=O) groups is 4. The van der Waals surface area contributed by atoms with Gasteiger partial charge in [0.2, 0.25) is 17.7 Å². The van der Waals surface area contributed by atoms with Crippen LogP contribution in [0.2, 0.25) is 0 Å². The van der Waals surface area contributed by atoms with Crippen molar-refractivity contribution in [3.8, 4) is 5.75 Å². The van der Waals surface area contributed by atoms with Crippen molar-refractivity contribution in [1.29, 1.82) is 0 Å². The lowest BCUT2D eigenvalue weighted by Gasteiger charge is -2.25. The molecule has 0 heterocycles. The molecule has 0 aliphatic carbocycles. The summed E-state index contributed by atoms with van der Waals surface area (Å²) in [6.45, 7) is 0. The molecule has 2 aromatic rings. The second-order valence-electron chi connectivity index (χ2n) is 8.65. The molecule has 0 fully saturated rings. The van der Waals surface area contributed by atoms with Crippen LogP contribution in [0.1, 0.15) is 17.5 Å². The first kappa shape index (κ1) is 31.0. The molecule has 0 saturated heterocycles. The van der Waals surface area contributed by atoms with E-state index < -0.39 is 47.9 Å². The van der Waals surface area contributed by atoms with E-state index in [9.17, 15) is 29.4 Å². The maximum Gasteiger partial charge on any atom is 0.327 e. The number of phenolic OH excluding ortho intramolecular Hbond substituents is 1. The summed E-state index contributed by atoms with van der Waals surface area (Å²) < 4.78 is 0. The number of hydrogen-bond donors (Lipinski definition) is 7. The molecule has 0 bridgehead atoms. The number of carbonyl (C=O) groups excluding carboxylic acids is 3. The summed E-state index contributed by atoms with van der Waals surface area (Å²) in [5, 5.41) is 26.6. The molecule has 2 rings (SSSR count). The molecule has 0 aliphatic rings. The Balaban J connectivity index is 2.20. The van der Waals surface area contributed by atoms with Gasteiger partial charge < -0.3 is 31.9 Å². The van der Waals surface area contributed by atoms with Crippen LogP contribution in [0.5, 0.6) is 5.75 Å². The molecule has 10 nitrogen and oxygen atoms in total. The third-order valence-corrected chi connectivity index (χ3v) is 6.69. The van der Waals surface area contributed by atoms with Crippen LogP contribution in [0.15, 0.2) is 54.6 Å². The maximum atomic E-state index is 13.4. The second-order valence-corrected chi connectivity index (χ2v) is 10.0. The molecule has 7 N–H and O–H groups in total. The van der Waals surface area contributed by atoms with E-state index in [4.69, 9.17) is 5.73 Å². The third-order valence-electron chi connectivity index (χ3n) is 5.69. The van der Waals surface area contributed by atoms with Crippen LogP contribution in [0.3, 0.4) is 0 Å². The number of amides is 3. The highest BCUT2D eigenvalue weighted by atomic mass is 32.2. The first-order valence-electron chi connectivity index (χ1n) is 12.0. The van der Waals surface area contributed by atoms with Crippen molar-refractivity contribution in [1.82, 2.24) is 16.0 Å². The summed E-state index contributed by atoms with van der Waals surface area (Å²) in [4.78, 5) is 50.5. The topological polar surface area (TPSA) is 171 Å². The Morgan fingerprint density at radius 3 is 1.97 bits per heavy atom. The fourth-order valence-electron chi connectivity index (χ4n) is 3.55. The average molecular weight is 563 g/mol. The van der Waals surface area contributed by atoms with Gasteiger partial charge in [0.05, 0.1) is 6.04 Å². The van der Waals surface area contributed by atoms with Crippen LogP contribution < -0.4 is 21.7 Å². The van der Waals surface area contributed by atoms with E-state index in [0.717, 1.165) is 5.56 Å². The van der Waals surface area contributed by atoms with Gasteiger partial charge in [-0.3, -0.25) is 14.4 Å². The highest BCUT2D eigenvalue weighted by Crippen LogP contribution is 2.12. The number of thioether (sulfide) groups is 1. The van der Waals surface area contributed by atoms with Gasteiger partial charge in [-0.15, -0.1) is 0 Å². The van der Waals surface area contributed by atoms with Crippen LogP contribution >= 0.6 is 24.4 Å². The summed E-state index contributed by atoms with van der Waals surface area (Å²) in [6.07, 6.45) is 2.41. The number of aromatic hydroxyl groups is 1. The number of hydrogen-bond acceptors (Lipinski definition) is 8. The predicted octanol–water partition coefficient (Wildman–Crippen LogP) is 0.727. The number of carboxylic acid groups (broad SMARTS) is 1. The van der Waals surface area contributed by atoms with Crippen molar-refractivity contribution in [2.75, 3.05) is 17.8 Å². The lowest BCUT2D eigenvalue weighted by molar-refractivity contribution is -0.141. The van der Waals surface area contributed by atoms with Gasteiger partial charge in [0.1, 0.15) is 23.9 Å². The molecule has 0 aliphatic heterocycles. The molecular formula is C26H34N4O6S2. The Morgan fingerprint density at radius 1 is 0.842 bits per heavy atom. The molecule has 3 amide bonds. The van der Waals surface area contributed by atoms with Crippen molar-refractivity contribution in [2.45, 2.75) is 43.4 Å². The SMILES string of the molecule is CSCCC(NC(=O)C(Cc1ccc(O)cc1)NC(=O)C(N)Cc1ccccc1)C(=O)NC(CS)C(=O)O. The number of benzene rings is 2. The van der Waals surface area contributed by atoms with Gasteiger partial charge in [-0.2, -0.15) is 24.4 Å². The number of nitrogens with two attached hydrogens (primary N) is 1. The minimum absolute atomic E-state index is 0.0506. The monoisotopic (exact) mass is 562 g/mol. The van der Waals surface area contributed by atoms with E-state index in [1.807, 2.05) is 36.6 Å². The summed E-state index contributed by atoms with van der Waals surface area (Å²) >= 11 is 5.42. The van der Waals surface area contributed by atoms with Crippen molar-refractivity contribution < 1.29 is 29.4 Å². The number of carboxylic acids is 1. The number of phenols is 1. The Kier molecular flexibility index (Phi) is 13.0. The van der Waals surface area contributed by atoms with Crippen LogP contribution in [-0.4, -0.2) is 75.8 Å². The molecule has 0 radical (unpaired) electrons. The maximum absolute atomic E-state index is 13.4. The first-order chi connectivity index (χ1) is 18.1. The predicted molar refractivity (Wildman–Crippen MR) is 150 cm³/mol. The normalized spacial score (nSPS) is 14.0. The zero-order valence-electron chi connectivity index (χ0n) is 21.0. The van der Waals surface area contributed by atoms with Gasteiger partial charge in [-0.1, -0.05) is 42.5 Å². The van der Waals surface area contributed by atoms with E-state index >= 15 is 0 Å². The molecule has 206 valence electrons. The summed E-state index contributed by atoms with van der Waals surface area (Å²) in [5.74, 6) is -2.62. The van der Waals surface area contributed by atoms with Crippen molar-refractivity contribution in [2.24, 2.45) is 5.73 Å². The van der Waals surface area contributed by atoms with E-state index in [2.05, 4.69) is 28.6 Å². The van der Waals surface area contributed by atoms with Crippen LogP contribution in [-0.2, 0) is 32.0 Å². The van der Waals surface area contributed by atoms with Crippen molar-refractivity contribution >= 4 is 48.1 Å². The molecule has 0 saturated carbocycles. The highest BCUT2D eigenvalue weighted by Gasteiger charge is 2.30. The summed E-state index contributed by atoms with van der Waals surface area (Å²) in [6, 6.07) is 11.1. The molecule has 0 spiro atoms. The molecule has 12 heteroatoms. The Morgan fingerprint density at radius 2 is 1.39 bits per heavy atom. The zero-order chi connectivity index (χ0) is 28.1. The molecule has 38 heavy (non-hydrogen) atoms. The summed E-state index contributed by atoms with van der Waals surface area (Å²) in [7, 11) is 0. The first-order valence-corrected chi connectivity index (χ1v) is 14.0. The van der Waals surface area contributed by atoms with E-state index in [1.54, 1.807) is 12.1 Å². The van der Waals surface area contributed by atoms with Gasteiger partial charge in [-0.05, 0) is 48.1 Å². The summed E-state index contributed by atoms with van der Waals surface area (Å²) in [5.41, 5.74) is 7.64. The molecule has 4 unspecified atom stereocenters. The highest BCUT2D eigenvalue weighted by molar-refractivity contribution is 7.98. The number of rotatable bonds is 15. The molecule has 4 atom stereocenters. The minimum atomic E-state index is -1.24. The van der Waals surface area contributed by atoms with Gasteiger partial charge in [0.25, 0.3) is 0 Å². The van der Waals surface area contributed by atoms with Gasteiger partial charge in [0.15, 0.2) is 0 Å². The smallest absolute Gasteiger partial charge is 0.327 e. The lowest BCUT2D eigenvalue weighted by Crippen LogP contribution is -2.58. The number of aliphatic carboxylic acids is 1. The fourth-order valence-corrected chi connectivity index (χ4v) is 4.27. The molecular weight excluding hydrogens is 528 g/mol. The van der Waals surface area contributed by atoms with Crippen LogP contribution in [0.4, 0.5) is 0 Å². The molecule has 0 aromatic heterocycles. The molecule has 2 aromatic carbocycles. The van der Waals surface area contributed by atoms with Gasteiger partial charge >= 0.3 is 5.97 Å². The van der Waals surface area contributed by atoms with E-state index in [0.29, 0.717) is 11.3 Å². The van der Waals surface area contributed by atoms with E-state index in [-0.39, 0.29) is 30.8 Å². The van der Waals surface area contributed by atoms with Crippen molar-refractivity contribution in [3.63, 3.8) is 0 Å².